The summed E-state index contributed by atoms with van der Waals surface area (Å²) >= 11 is 11.9. The predicted octanol–water partition coefficient (Wildman–Crippen LogP) is 2.39. The Bertz CT molecular complexity index is 642. The second-order valence-electron chi connectivity index (χ2n) is 4.12. The molecule has 0 saturated carbocycles. The Labute approximate surface area is 131 Å². The zero-order valence-corrected chi connectivity index (χ0v) is 12.3. The van der Waals surface area contributed by atoms with Gasteiger partial charge in [-0.25, -0.2) is 0 Å². The summed E-state index contributed by atoms with van der Waals surface area (Å²) in [5.74, 6) is -0.858. The van der Waals surface area contributed by atoms with Crippen LogP contribution in [0.25, 0.3) is 0 Å². The zero-order valence-electron chi connectivity index (χ0n) is 10.8. The molecule has 5 nitrogen and oxygen atoms in total. The van der Waals surface area contributed by atoms with Gasteiger partial charge in [0.25, 0.3) is 5.91 Å². The second-order valence-corrected chi connectivity index (χ2v) is 4.93. The number of halogens is 2. The zero-order chi connectivity index (χ0) is 15.2. The van der Waals surface area contributed by atoms with Crippen LogP contribution >= 0.6 is 23.2 Å². The van der Waals surface area contributed by atoms with Crippen LogP contribution in [0.1, 0.15) is 15.9 Å². The number of rotatable bonds is 3. The first kappa shape index (κ1) is 15.3. The highest BCUT2D eigenvalue weighted by molar-refractivity contribution is 6.36. The SMILES string of the molecule is O=C(Cc1c(Cl)cccc1Cl)NNC(=O)c1ccncc1. The Hall–Kier alpha value is -2.11. The molecule has 1 heterocycles. The van der Waals surface area contributed by atoms with Crippen LogP contribution in [-0.2, 0) is 11.2 Å². The van der Waals surface area contributed by atoms with Crippen LogP contribution in [0, 0.1) is 0 Å². The Morgan fingerprint density at radius 2 is 1.62 bits per heavy atom. The van der Waals surface area contributed by atoms with Crippen molar-refractivity contribution in [1.82, 2.24) is 15.8 Å². The van der Waals surface area contributed by atoms with E-state index in [0.717, 1.165) is 0 Å². The molecule has 2 aromatic rings. The van der Waals surface area contributed by atoms with Crippen LogP contribution in [0.2, 0.25) is 10.0 Å². The monoisotopic (exact) mass is 323 g/mol. The average molecular weight is 324 g/mol. The van der Waals surface area contributed by atoms with E-state index in [1.54, 1.807) is 18.2 Å². The fourth-order valence-corrected chi connectivity index (χ4v) is 2.14. The lowest BCUT2D eigenvalue weighted by Crippen LogP contribution is -2.42. The molecule has 0 atom stereocenters. The summed E-state index contributed by atoms with van der Waals surface area (Å²) in [6, 6.07) is 8.05. The van der Waals surface area contributed by atoms with Gasteiger partial charge in [-0.2, -0.15) is 0 Å². The number of benzene rings is 1. The lowest BCUT2D eigenvalue weighted by Gasteiger charge is -2.09. The molecule has 0 bridgehead atoms. The number of amides is 2. The van der Waals surface area contributed by atoms with E-state index in [2.05, 4.69) is 15.8 Å². The van der Waals surface area contributed by atoms with Gasteiger partial charge < -0.3 is 0 Å². The maximum Gasteiger partial charge on any atom is 0.269 e. The van der Waals surface area contributed by atoms with E-state index >= 15 is 0 Å². The van der Waals surface area contributed by atoms with Crippen molar-refractivity contribution in [2.24, 2.45) is 0 Å². The van der Waals surface area contributed by atoms with Crippen molar-refractivity contribution < 1.29 is 9.59 Å². The smallest absolute Gasteiger partial charge is 0.269 e. The van der Waals surface area contributed by atoms with Gasteiger partial charge in [-0.3, -0.25) is 25.4 Å². The van der Waals surface area contributed by atoms with E-state index in [-0.39, 0.29) is 6.42 Å². The normalized spacial score (nSPS) is 10.0. The van der Waals surface area contributed by atoms with E-state index in [0.29, 0.717) is 21.2 Å². The fourth-order valence-electron chi connectivity index (χ4n) is 1.61. The maximum absolute atomic E-state index is 11.8. The molecule has 0 fully saturated rings. The summed E-state index contributed by atoms with van der Waals surface area (Å²) in [5.41, 5.74) is 5.51. The van der Waals surface area contributed by atoms with Gasteiger partial charge in [0.2, 0.25) is 5.91 Å². The third-order valence-electron chi connectivity index (χ3n) is 2.66. The summed E-state index contributed by atoms with van der Waals surface area (Å²) in [4.78, 5) is 27.3. The third kappa shape index (κ3) is 4.18. The lowest BCUT2D eigenvalue weighted by molar-refractivity contribution is -0.121. The van der Waals surface area contributed by atoms with E-state index in [9.17, 15) is 9.59 Å². The first-order valence-electron chi connectivity index (χ1n) is 6.00. The molecular formula is C14H11Cl2N3O2. The van der Waals surface area contributed by atoms with Crippen molar-refractivity contribution in [3.8, 4) is 0 Å². The summed E-state index contributed by atoms with van der Waals surface area (Å²) in [6.45, 7) is 0. The largest absolute Gasteiger partial charge is 0.273 e. The Balaban J connectivity index is 1.92. The van der Waals surface area contributed by atoms with Crippen molar-refractivity contribution in [2.45, 2.75) is 6.42 Å². The fraction of sp³-hybridized carbons (Fsp3) is 0.0714. The first-order chi connectivity index (χ1) is 10.1. The molecule has 0 saturated heterocycles. The minimum atomic E-state index is -0.434. The summed E-state index contributed by atoms with van der Waals surface area (Å²) in [5, 5.41) is 0.802. The van der Waals surface area contributed by atoms with Crippen molar-refractivity contribution in [1.29, 1.82) is 0 Å². The number of nitrogens with zero attached hydrogens (tertiary/aromatic N) is 1. The van der Waals surface area contributed by atoms with E-state index < -0.39 is 11.8 Å². The molecule has 1 aromatic carbocycles. The van der Waals surface area contributed by atoms with Crippen molar-refractivity contribution in [2.75, 3.05) is 0 Å². The van der Waals surface area contributed by atoms with Gasteiger partial charge in [-0.05, 0) is 29.8 Å². The van der Waals surface area contributed by atoms with Gasteiger partial charge in [0.05, 0.1) is 6.42 Å². The number of aromatic nitrogens is 1. The minimum absolute atomic E-state index is 0.0326. The Morgan fingerprint density at radius 1 is 1.00 bits per heavy atom. The standard InChI is InChI=1S/C14H11Cl2N3O2/c15-11-2-1-3-12(16)10(11)8-13(20)18-19-14(21)9-4-6-17-7-5-9/h1-7H,8H2,(H,18,20)(H,19,21). The van der Waals surface area contributed by atoms with Crippen molar-refractivity contribution >= 4 is 35.0 Å². The first-order valence-corrected chi connectivity index (χ1v) is 6.75. The van der Waals surface area contributed by atoms with Crippen LogP contribution in [0.5, 0.6) is 0 Å². The molecule has 0 spiro atoms. The molecule has 1 aromatic heterocycles. The highest BCUT2D eigenvalue weighted by atomic mass is 35.5. The van der Waals surface area contributed by atoms with Gasteiger partial charge in [0.1, 0.15) is 0 Å². The van der Waals surface area contributed by atoms with Gasteiger partial charge in [0, 0.05) is 28.0 Å². The average Bonchev–Trinajstić information content (AvgIpc) is 2.49. The number of hydrogen-bond donors (Lipinski definition) is 2. The molecule has 2 amide bonds. The van der Waals surface area contributed by atoms with E-state index in [1.807, 2.05) is 0 Å². The minimum Gasteiger partial charge on any atom is -0.273 e. The number of hydrazine groups is 1. The number of hydrogen-bond acceptors (Lipinski definition) is 3. The Morgan fingerprint density at radius 3 is 2.24 bits per heavy atom. The number of nitrogens with one attached hydrogen (secondary N) is 2. The summed E-state index contributed by atoms with van der Waals surface area (Å²) < 4.78 is 0. The van der Waals surface area contributed by atoms with Crippen LogP contribution < -0.4 is 10.9 Å². The van der Waals surface area contributed by atoms with Gasteiger partial charge >= 0.3 is 0 Å². The molecule has 0 aliphatic rings. The molecule has 0 aliphatic heterocycles. The third-order valence-corrected chi connectivity index (χ3v) is 3.37. The van der Waals surface area contributed by atoms with Gasteiger partial charge in [-0.1, -0.05) is 29.3 Å². The quantitative estimate of drug-likeness (QED) is 0.852. The predicted molar refractivity (Wildman–Crippen MR) is 80.0 cm³/mol. The Kier molecular flexibility index (Phi) is 5.14. The molecule has 2 rings (SSSR count). The molecule has 7 heteroatoms. The highest BCUT2D eigenvalue weighted by Crippen LogP contribution is 2.24. The molecule has 108 valence electrons. The number of carbonyl (C=O) groups is 2. The summed E-state index contributed by atoms with van der Waals surface area (Å²) in [7, 11) is 0. The summed E-state index contributed by atoms with van der Waals surface area (Å²) in [6.07, 6.45) is 2.94. The molecule has 2 N–H and O–H groups in total. The lowest BCUT2D eigenvalue weighted by atomic mass is 10.1. The number of carbonyl (C=O) groups excluding carboxylic acids is 2. The van der Waals surface area contributed by atoms with Gasteiger partial charge in [0.15, 0.2) is 0 Å². The topological polar surface area (TPSA) is 71.1 Å². The molecule has 0 aliphatic carbocycles. The van der Waals surface area contributed by atoms with Crippen LogP contribution in [-0.4, -0.2) is 16.8 Å². The van der Waals surface area contributed by atoms with Crippen LogP contribution in [0.4, 0.5) is 0 Å². The second kappa shape index (κ2) is 7.06. The van der Waals surface area contributed by atoms with Crippen LogP contribution in [0.3, 0.4) is 0 Å². The molecule has 0 radical (unpaired) electrons. The molecular weight excluding hydrogens is 313 g/mol. The molecule has 21 heavy (non-hydrogen) atoms. The van der Waals surface area contributed by atoms with E-state index in [1.165, 1.54) is 24.5 Å². The maximum atomic E-state index is 11.8. The van der Waals surface area contributed by atoms with Crippen LogP contribution in [0.15, 0.2) is 42.7 Å². The number of pyridine rings is 1. The van der Waals surface area contributed by atoms with Crippen molar-refractivity contribution in [3.05, 3.63) is 63.9 Å². The molecule has 0 unspecified atom stereocenters. The van der Waals surface area contributed by atoms with Gasteiger partial charge in [-0.15, -0.1) is 0 Å². The van der Waals surface area contributed by atoms with E-state index in [4.69, 9.17) is 23.2 Å². The highest BCUT2D eigenvalue weighted by Gasteiger charge is 2.12. The van der Waals surface area contributed by atoms with Crippen molar-refractivity contribution in [3.63, 3.8) is 0 Å².